The number of rotatable bonds is 1. The molecule has 2 rings (SSSR count). The van der Waals surface area contributed by atoms with E-state index in [1.165, 1.54) is 25.0 Å². The van der Waals surface area contributed by atoms with Crippen LogP contribution in [-0.4, -0.2) is 23.9 Å². The van der Waals surface area contributed by atoms with Crippen molar-refractivity contribution in [3.05, 3.63) is 35.4 Å². The first-order valence-corrected chi connectivity index (χ1v) is 6.41. The predicted octanol–water partition coefficient (Wildman–Crippen LogP) is 1.39. The highest BCUT2D eigenvalue weighted by Crippen LogP contribution is 2.21. The van der Waals surface area contributed by atoms with Gasteiger partial charge in [-0.25, -0.2) is 0 Å². The van der Waals surface area contributed by atoms with Crippen LogP contribution in [0.4, 0.5) is 0 Å². The van der Waals surface area contributed by atoms with Gasteiger partial charge in [-0.2, -0.15) is 0 Å². The number of fused-ring (bicyclic) bond motifs is 1. The van der Waals surface area contributed by atoms with E-state index in [1.807, 2.05) is 0 Å². The fraction of sp³-hybridized carbons (Fsp3) is 0.400. The SMILES string of the molecule is CC(=O)NC1Cc2ccccc2C1.CC(=O)OC(C)=O. The zero-order valence-corrected chi connectivity index (χ0v) is 11.9. The Morgan fingerprint density at radius 2 is 1.45 bits per heavy atom. The number of hydrogen-bond donors (Lipinski definition) is 1. The molecule has 1 amide bonds. The Morgan fingerprint density at radius 3 is 1.75 bits per heavy atom. The molecule has 0 unspecified atom stereocenters. The van der Waals surface area contributed by atoms with Gasteiger partial charge in [0, 0.05) is 26.8 Å². The second-order valence-corrected chi connectivity index (χ2v) is 4.66. The van der Waals surface area contributed by atoms with Gasteiger partial charge in [-0.3, -0.25) is 14.4 Å². The molecule has 1 aromatic carbocycles. The van der Waals surface area contributed by atoms with Gasteiger partial charge >= 0.3 is 11.9 Å². The largest absolute Gasteiger partial charge is 0.394 e. The average Bonchev–Trinajstić information content (AvgIpc) is 2.68. The molecule has 0 fully saturated rings. The molecule has 1 N–H and O–H groups in total. The fourth-order valence-corrected chi connectivity index (χ4v) is 2.15. The van der Waals surface area contributed by atoms with Gasteiger partial charge in [0.2, 0.25) is 5.91 Å². The van der Waals surface area contributed by atoms with Crippen molar-refractivity contribution >= 4 is 17.8 Å². The van der Waals surface area contributed by atoms with Gasteiger partial charge in [0.15, 0.2) is 0 Å². The number of carbonyl (C=O) groups excluding carboxylic acids is 3. The van der Waals surface area contributed by atoms with Crippen molar-refractivity contribution in [1.29, 1.82) is 0 Å². The lowest BCUT2D eigenvalue weighted by molar-refractivity contribution is -0.156. The molecule has 0 saturated heterocycles. The number of hydrogen-bond acceptors (Lipinski definition) is 4. The van der Waals surface area contributed by atoms with Crippen LogP contribution < -0.4 is 5.32 Å². The Bertz CT molecular complexity index is 473. The number of benzene rings is 1. The van der Waals surface area contributed by atoms with E-state index in [4.69, 9.17) is 0 Å². The van der Waals surface area contributed by atoms with Crippen molar-refractivity contribution in [2.24, 2.45) is 0 Å². The summed E-state index contributed by atoms with van der Waals surface area (Å²) in [6.45, 7) is 3.94. The van der Waals surface area contributed by atoms with Gasteiger partial charge in [0.25, 0.3) is 0 Å². The topological polar surface area (TPSA) is 72.5 Å². The molecule has 0 radical (unpaired) electrons. The van der Waals surface area contributed by atoms with Crippen molar-refractivity contribution < 1.29 is 19.1 Å². The van der Waals surface area contributed by atoms with Crippen LogP contribution in [-0.2, 0) is 32.0 Å². The Balaban J connectivity index is 0.000000246. The molecule has 1 aliphatic rings. The minimum Gasteiger partial charge on any atom is -0.394 e. The van der Waals surface area contributed by atoms with E-state index in [0.717, 1.165) is 12.8 Å². The lowest BCUT2D eigenvalue weighted by atomic mass is 10.1. The summed E-state index contributed by atoms with van der Waals surface area (Å²) in [6.07, 6.45) is 1.96. The van der Waals surface area contributed by atoms with Gasteiger partial charge in [0.05, 0.1) is 0 Å². The summed E-state index contributed by atoms with van der Waals surface area (Å²) >= 11 is 0. The maximum absolute atomic E-state index is 10.8. The van der Waals surface area contributed by atoms with Crippen LogP contribution in [0.1, 0.15) is 31.9 Å². The van der Waals surface area contributed by atoms with E-state index in [0.29, 0.717) is 6.04 Å². The summed E-state index contributed by atoms with van der Waals surface area (Å²) in [5.41, 5.74) is 2.75. The molecule has 0 spiro atoms. The summed E-state index contributed by atoms with van der Waals surface area (Å²) in [4.78, 5) is 30.5. The maximum Gasteiger partial charge on any atom is 0.310 e. The second-order valence-electron chi connectivity index (χ2n) is 4.66. The molecule has 1 aliphatic carbocycles. The molecule has 0 aliphatic heterocycles. The van der Waals surface area contributed by atoms with Crippen LogP contribution in [0.2, 0.25) is 0 Å². The van der Waals surface area contributed by atoms with Gasteiger partial charge in [-0.05, 0) is 24.0 Å². The van der Waals surface area contributed by atoms with E-state index in [9.17, 15) is 14.4 Å². The molecule has 0 aromatic heterocycles. The summed E-state index contributed by atoms with van der Waals surface area (Å²) in [5.74, 6) is -1.06. The predicted molar refractivity (Wildman–Crippen MR) is 73.9 cm³/mol. The third-order valence-corrected chi connectivity index (χ3v) is 2.75. The van der Waals surface area contributed by atoms with Crippen LogP contribution >= 0.6 is 0 Å². The van der Waals surface area contributed by atoms with Crippen LogP contribution in [0.3, 0.4) is 0 Å². The number of carbonyl (C=O) groups is 3. The zero-order valence-electron chi connectivity index (χ0n) is 11.9. The normalized spacial score (nSPS) is 12.8. The summed E-state index contributed by atoms with van der Waals surface area (Å²) in [6, 6.07) is 8.69. The van der Waals surface area contributed by atoms with E-state index >= 15 is 0 Å². The fourth-order valence-electron chi connectivity index (χ4n) is 2.15. The van der Waals surface area contributed by atoms with Crippen molar-refractivity contribution in [2.75, 3.05) is 0 Å². The van der Waals surface area contributed by atoms with Gasteiger partial charge in [-0.1, -0.05) is 24.3 Å². The molecule has 0 heterocycles. The van der Waals surface area contributed by atoms with E-state index in [2.05, 4.69) is 34.3 Å². The highest BCUT2D eigenvalue weighted by Gasteiger charge is 2.20. The van der Waals surface area contributed by atoms with Crippen molar-refractivity contribution in [3.63, 3.8) is 0 Å². The standard InChI is InChI=1S/C11H13NO.C4H6O3/c1-8(13)12-11-6-9-4-2-3-5-10(9)7-11;1-3(5)7-4(2)6/h2-5,11H,6-7H2,1H3,(H,12,13);1-2H3. The maximum atomic E-state index is 10.8. The summed E-state index contributed by atoms with van der Waals surface area (Å²) < 4.78 is 3.97. The van der Waals surface area contributed by atoms with Gasteiger partial charge < -0.3 is 10.1 Å². The first-order valence-electron chi connectivity index (χ1n) is 6.41. The molecule has 0 atom stereocenters. The Kier molecular flexibility index (Phi) is 5.90. The van der Waals surface area contributed by atoms with Gasteiger partial charge in [0.1, 0.15) is 0 Å². The number of esters is 2. The highest BCUT2D eigenvalue weighted by molar-refractivity contribution is 5.82. The van der Waals surface area contributed by atoms with Crippen LogP contribution in [0.5, 0.6) is 0 Å². The third-order valence-electron chi connectivity index (χ3n) is 2.75. The second kappa shape index (κ2) is 7.43. The smallest absolute Gasteiger partial charge is 0.310 e. The quantitative estimate of drug-likeness (QED) is 0.622. The highest BCUT2D eigenvalue weighted by atomic mass is 16.6. The lowest BCUT2D eigenvalue weighted by Gasteiger charge is -2.08. The molecular formula is C15H19NO4. The first kappa shape index (κ1) is 15.9. The molecule has 1 aromatic rings. The molecule has 20 heavy (non-hydrogen) atoms. The minimum atomic E-state index is -0.562. The van der Waals surface area contributed by atoms with E-state index < -0.39 is 11.9 Å². The number of nitrogens with one attached hydrogen (secondary N) is 1. The summed E-state index contributed by atoms with van der Waals surface area (Å²) in [7, 11) is 0. The molecular weight excluding hydrogens is 258 g/mol. The van der Waals surface area contributed by atoms with Gasteiger partial charge in [-0.15, -0.1) is 0 Å². The monoisotopic (exact) mass is 277 g/mol. The Morgan fingerprint density at radius 1 is 1.00 bits per heavy atom. The molecule has 0 saturated carbocycles. The number of amides is 1. The Hall–Kier alpha value is -2.17. The lowest BCUT2D eigenvalue weighted by Crippen LogP contribution is -2.33. The van der Waals surface area contributed by atoms with E-state index in [1.54, 1.807) is 6.92 Å². The van der Waals surface area contributed by atoms with Crippen molar-refractivity contribution in [1.82, 2.24) is 5.32 Å². The molecule has 5 heteroatoms. The number of ether oxygens (including phenoxy) is 1. The van der Waals surface area contributed by atoms with Crippen molar-refractivity contribution in [3.8, 4) is 0 Å². The average molecular weight is 277 g/mol. The Labute approximate surface area is 118 Å². The molecule has 5 nitrogen and oxygen atoms in total. The van der Waals surface area contributed by atoms with Crippen LogP contribution in [0, 0.1) is 0 Å². The van der Waals surface area contributed by atoms with Crippen LogP contribution in [0.25, 0.3) is 0 Å². The van der Waals surface area contributed by atoms with Crippen LogP contribution in [0.15, 0.2) is 24.3 Å². The summed E-state index contributed by atoms with van der Waals surface area (Å²) in [5, 5.41) is 2.95. The third kappa shape index (κ3) is 5.65. The minimum absolute atomic E-state index is 0.0674. The van der Waals surface area contributed by atoms with Crippen molar-refractivity contribution in [2.45, 2.75) is 39.7 Å². The van der Waals surface area contributed by atoms with E-state index in [-0.39, 0.29) is 5.91 Å². The molecule has 108 valence electrons. The first-order chi connectivity index (χ1) is 9.38. The molecule has 0 bridgehead atoms. The zero-order chi connectivity index (χ0) is 15.1.